The number of hydrogen-bond donors (Lipinski definition) is 1. The quantitative estimate of drug-likeness (QED) is 0.760. The molecule has 0 spiro atoms. The monoisotopic (exact) mass is 419 g/mol. The highest BCUT2D eigenvalue weighted by Crippen LogP contribution is 2.35. The van der Waals surface area contributed by atoms with Crippen LogP contribution >= 0.6 is 0 Å². The number of nitrogens with zero attached hydrogens (tertiary/aromatic N) is 2. The predicted molar refractivity (Wildman–Crippen MR) is 117 cm³/mol. The first-order valence-corrected chi connectivity index (χ1v) is 11.0. The van der Waals surface area contributed by atoms with E-state index in [2.05, 4.69) is 17.5 Å². The number of amides is 1. The molecule has 1 unspecified atom stereocenters. The van der Waals surface area contributed by atoms with Crippen molar-refractivity contribution in [2.45, 2.75) is 38.5 Å². The van der Waals surface area contributed by atoms with Crippen LogP contribution in [0.5, 0.6) is 0 Å². The van der Waals surface area contributed by atoms with Crippen LogP contribution in [0.25, 0.3) is 0 Å². The molecule has 0 radical (unpaired) electrons. The van der Waals surface area contributed by atoms with Gasteiger partial charge in [0.05, 0.1) is 18.1 Å². The maximum atomic E-state index is 12.9. The van der Waals surface area contributed by atoms with Crippen molar-refractivity contribution in [1.29, 1.82) is 5.26 Å². The van der Waals surface area contributed by atoms with Crippen LogP contribution in [0.3, 0.4) is 0 Å². The Bertz CT molecular complexity index is 919. The molecule has 1 saturated heterocycles. The van der Waals surface area contributed by atoms with Gasteiger partial charge in [0.1, 0.15) is 6.61 Å². The fourth-order valence-corrected chi connectivity index (χ4v) is 4.39. The first-order chi connectivity index (χ1) is 15.2. The summed E-state index contributed by atoms with van der Waals surface area (Å²) in [5, 5.41) is 13.1. The number of benzene rings is 2. The second kappa shape index (κ2) is 9.95. The number of ether oxygens (including phenoxy) is 2. The molecule has 1 N–H and O–H groups in total. The summed E-state index contributed by atoms with van der Waals surface area (Å²) in [6.45, 7) is 2.92. The van der Waals surface area contributed by atoms with Crippen LogP contribution in [0.15, 0.2) is 54.6 Å². The van der Waals surface area contributed by atoms with Crippen LogP contribution in [0.4, 0.5) is 4.79 Å². The Hall–Kier alpha value is -2.88. The molecule has 31 heavy (non-hydrogen) atoms. The summed E-state index contributed by atoms with van der Waals surface area (Å²) in [6, 6.07) is 20.3. The average molecular weight is 420 g/mol. The number of nitriles is 1. The SMILES string of the molecule is N#CC1(CCOC2c3ccccc3CCN2C(=O)OCc2ccccc2)CCNCC1. The van der Waals surface area contributed by atoms with E-state index in [0.29, 0.717) is 19.6 Å². The summed E-state index contributed by atoms with van der Waals surface area (Å²) in [6.07, 6.45) is 2.22. The zero-order valence-corrected chi connectivity index (χ0v) is 17.8. The smallest absolute Gasteiger partial charge is 0.412 e. The van der Waals surface area contributed by atoms with Gasteiger partial charge in [0.25, 0.3) is 0 Å². The lowest BCUT2D eigenvalue weighted by atomic mass is 9.78. The summed E-state index contributed by atoms with van der Waals surface area (Å²) in [5.41, 5.74) is 2.80. The van der Waals surface area contributed by atoms with Gasteiger partial charge in [0.2, 0.25) is 0 Å². The van der Waals surface area contributed by atoms with E-state index in [9.17, 15) is 10.1 Å². The van der Waals surface area contributed by atoms with E-state index >= 15 is 0 Å². The standard InChI is InChI=1S/C25H29N3O3/c26-19-25(11-14-27-15-12-25)13-17-30-23-22-9-5-4-8-21(22)10-16-28(23)24(29)31-18-20-6-2-1-3-7-20/h1-9,23,27H,10-18H2. The van der Waals surface area contributed by atoms with Crippen molar-refractivity contribution >= 4 is 6.09 Å². The zero-order chi connectivity index (χ0) is 21.5. The highest BCUT2D eigenvalue weighted by molar-refractivity contribution is 5.68. The lowest BCUT2D eigenvalue weighted by Crippen LogP contribution is -2.42. The van der Waals surface area contributed by atoms with Gasteiger partial charge in [0.15, 0.2) is 6.23 Å². The van der Waals surface area contributed by atoms with Crippen molar-refractivity contribution in [2.24, 2.45) is 5.41 Å². The summed E-state index contributed by atoms with van der Waals surface area (Å²) in [7, 11) is 0. The van der Waals surface area contributed by atoms with E-state index in [1.807, 2.05) is 48.5 Å². The summed E-state index contributed by atoms with van der Waals surface area (Å²) in [4.78, 5) is 14.6. The number of carbonyl (C=O) groups is 1. The molecule has 2 heterocycles. The maximum absolute atomic E-state index is 12.9. The largest absolute Gasteiger partial charge is 0.444 e. The Balaban J connectivity index is 1.44. The van der Waals surface area contributed by atoms with Gasteiger partial charge in [-0.3, -0.25) is 4.90 Å². The highest BCUT2D eigenvalue weighted by atomic mass is 16.6. The molecule has 6 nitrogen and oxygen atoms in total. The molecule has 2 aromatic carbocycles. The Morgan fingerprint density at radius 1 is 1.13 bits per heavy atom. The van der Waals surface area contributed by atoms with Crippen LogP contribution in [0, 0.1) is 16.7 Å². The molecule has 2 aliphatic heterocycles. The van der Waals surface area contributed by atoms with Crippen molar-refractivity contribution < 1.29 is 14.3 Å². The first kappa shape index (κ1) is 21.4. The second-order valence-electron chi connectivity index (χ2n) is 8.30. The Morgan fingerprint density at radius 2 is 1.87 bits per heavy atom. The summed E-state index contributed by atoms with van der Waals surface area (Å²) >= 11 is 0. The number of piperidine rings is 1. The van der Waals surface area contributed by atoms with E-state index in [-0.39, 0.29) is 18.1 Å². The van der Waals surface area contributed by atoms with Crippen molar-refractivity contribution in [1.82, 2.24) is 10.2 Å². The number of carbonyl (C=O) groups excluding carboxylic acids is 1. The van der Waals surface area contributed by atoms with Gasteiger partial charge >= 0.3 is 6.09 Å². The van der Waals surface area contributed by atoms with Crippen molar-refractivity contribution in [3.05, 3.63) is 71.3 Å². The van der Waals surface area contributed by atoms with Gasteiger partial charge < -0.3 is 14.8 Å². The van der Waals surface area contributed by atoms with Gasteiger partial charge in [-0.2, -0.15) is 5.26 Å². The highest BCUT2D eigenvalue weighted by Gasteiger charge is 2.35. The molecule has 1 atom stereocenters. The van der Waals surface area contributed by atoms with Crippen LogP contribution in [-0.4, -0.2) is 37.2 Å². The minimum Gasteiger partial charge on any atom is -0.444 e. The minimum atomic E-state index is -0.495. The Morgan fingerprint density at radius 3 is 2.65 bits per heavy atom. The second-order valence-corrected chi connectivity index (χ2v) is 8.30. The molecule has 0 saturated carbocycles. The molecule has 4 rings (SSSR count). The lowest BCUT2D eigenvalue weighted by Gasteiger charge is -2.37. The Kier molecular flexibility index (Phi) is 6.86. The molecule has 0 bridgehead atoms. The van der Waals surface area contributed by atoms with E-state index in [0.717, 1.165) is 43.5 Å². The van der Waals surface area contributed by atoms with Crippen LogP contribution in [-0.2, 0) is 22.5 Å². The Labute approximate surface area is 183 Å². The third-order valence-corrected chi connectivity index (χ3v) is 6.32. The minimum absolute atomic E-state index is 0.231. The van der Waals surface area contributed by atoms with Crippen molar-refractivity contribution in [3.63, 3.8) is 0 Å². The van der Waals surface area contributed by atoms with E-state index < -0.39 is 6.23 Å². The summed E-state index contributed by atoms with van der Waals surface area (Å²) < 4.78 is 11.9. The van der Waals surface area contributed by atoms with Crippen LogP contribution in [0.1, 0.15) is 42.2 Å². The van der Waals surface area contributed by atoms with E-state index in [1.165, 1.54) is 5.56 Å². The van der Waals surface area contributed by atoms with Crippen molar-refractivity contribution in [2.75, 3.05) is 26.2 Å². The third-order valence-electron chi connectivity index (χ3n) is 6.32. The fraction of sp³-hybridized carbons (Fsp3) is 0.440. The first-order valence-electron chi connectivity index (χ1n) is 11.0. The van der Waals surface area contributed by atoms with Crippen LogP contribution in [0.2, 0.25) is 0 Å². The topological polar surface area (TPSA) is 74.6 Å². The molecule has 0 aliphatic carbocycles. The van der Waals surface area contributed by atoms with Crippen LogP contribution < -0.4 is 5.32 Å². The summed E-state index contributed by atoms with van der Waals surface area (Å²) in [5.74, 6) is 0. The van der Waals surface area contributed by atoms with E-state index in [4.69, 9.17) is 9.47 Å². The van der Waals surface area contributed by atoms with Gasteiger partial charge in [-0.25, -0.2) is 4.79 Å². The number of nitrogens with one attached hydrogen (secondary N) is 1. The molecule has 0 aromatic heterocycles. The average Bonchev–Trinajstić information content (AvgIpc) is 2.84. The molecule has 1 fully saturated rings. The molecule has 2 aliphatic rings. The zero-order valence-electron chi connectivity index (χ0n) is 17.8. The van der Waals surface area contributed by atoms with Gasteiger partial charge in [0, 0.05) is 12.1 Å². The molecule has 162 valence electrons. The molecular formula is C25H29N3O3. The van der Waals surface area contributed by atoms with Gasteiger partial charge in [-0.1, -0.05) is 54.6 Å². The maximum Gasteiger partial charge on any atom is 0.412 e. The molecule has 2 aromatic rings. The fourth-order valence-electron chi connectivity index (χ4n) is 4.39. The number of hydrogen-bond acceptors (Lipinski definition) is 5. The molecule has 1 amide bonds. The normalized spacial score (nSPS) is 19.8. The van der Waals surface area contributed by atoms with Crippen molar-refractivity contribution in [3.8, 4) is 6.07 Å². The lowest BCUT2D eigenvalue weighted by molar-refractivity contribution is -0.0694. The van der Waals surface area contributed by atoms with E-state index in [1.54, 1.807) is 4.90 Å². The molecule has 6 heteroatoms. The number of rotatable bonds is 6. The van der Waals surface area contributed by atoms with Gasteiger partial charge in [-0.15, -0.1) is 0 Å². The predicted octanol–water partition coefficient (Wildman–Crippen LogP) is 4.18. The van der Waals surface area contributed by atoms with Gasteiger partial charge in [-0.05, 0) is 49.9 Å². The number of fused-ring (bicyclic) bond motifs is 1. The molecular weight excluding hydrogens is 390 g/mol. The third kappa shape index (κ3) is 5.07.